The number of hydrogen-bond donors (Lipinski definition) is 2. The van der Waals surface area contributed by atoms with Crippen LogP contribution in [0, 0.1) is 0 Å². The van der Waals surface area contributed by atoms with Crippen LogP contribution in [0.4, 0.5) is 0 Å². The van der Waals surface area contributed by atoms with Gasteiger partial charge in [-0.25, -0.2) is 4.98 Å². The number of carbonyl (C=O) groups is 1. The number of H-pyrrole nitrogens is 1. The Labute approximate surface area is 123 Å². The summed E-state index contributed by atoms with van der Waals surface area (Å²) in [6, 6.07) is 1.79. The zero-order valence-corrected chi connectivity index (χ0v) is 11.8. The van der Waals surface area contributed by atoms with Crippen LogP contribution in [-0.4, -0.2) is 21.0 Å². The molecule has 3 rings (SSSR count). The minimum atomic E-state index is -0.850. The first-order valence-electron chi connectivity index (χ1n) is 6.40. The van der Waals surface area contributed by atoms with Gasteiger partial charge >= 0.3 is 5.97 Å². The number of aliphatic carboxylic acids is 1. The van der Waals surface area contributed by atoms with Crippen molar-refractivity contribution in [1.29, 1.82) is 0 Å². The molecule has 0 spiro atoms. The number of aromatic amines is 1. The quantitative estimate of drug-likeness (QED) is 0.755. The second-order valence-electron chi connectivity index (χ2n) is 4.60. The number of aryl methyl sites for hydroxylation is 1. The summed E-state index contributed by atoms with van der Waals surface area (Å²) >= 11 is 1.39. The van der Waals surface area contributed by atoms with Gasteiger partial charge in [-0.3, -0.25) is 9.59 Å². The van der Waals surface area contributed by atoms with Crippen LogP contribution < -0.4 is 5.56 Å². The molecule has 3 aromatic heterocycles. The maximum Gasteiger partial charge on any atom is 0.303 e. The van der Waals surface area contributed by atoms with Crippen molar-refractivity contribution in [2.45, 2.75) is 19.3 Å². The first-order chi connectivity index (χ1) is 10.1. The van der Waals surface area contributed by atoms with Gasteiger partial charge in [0.1, 0.15) is 10.7 Å². The third kappa shape index (κ3) is 2.73. The molecule has 7 heteroatoms. The van der Waals surface area contributed by atoms with Crippen molar-refractivity contribution in [2.24, 2.45) is 0 Å². The number of nitrogens with zero attached hydrogens (tertiary/aromatic N) is 1. The SMILES string of the molecule is O=C(O)CCCc1nc2scc(-c3ccoc3)c2c(=O)[nH]1. The minimum absolute atomic E-state index is 0.0620. The fraction of sp³-hybridized carbons (Fsp3) is 0.214. The van der Waals surface area contributed by atoms with Crippen LogP contribution in [0.3, 0.4) is 0 Å². The van der Waals surface area contributed by atoms with E-state index in [-0.39, 0.29) is 12.0 Å². The maximum absolute atomic E-state index is 12.2. The summed E-state index contributed by atoms with van der Waals surface area (Å²) in [5.41, 5.74) is 1.43. The van der Waals surface area contributed by atoms with Crippen molar-refractivity contribution in [3.8, 4) is 11.1 Å². The molecule has 3 aromatic rings. The van der Waals surface area contributed by atoms with Gasteiger partial charge in [-0.05, 0) is 12.5 Å². The highest BCUT2D eigenvalue weighted by Gasteiger charge is 2.13. The highest BCUT2D eigenvalue weighted by Crippen LogP contribution is 2.30. The van der Waals surface area contributed by atoms with Crippen molar-refractivity contribution >= 4 is 27.5 Å². The first kappa shape index (κ1) is 13.6. The van der Waals surface area contributed by atoms with E-state index in [1.807, 2.05) is 5.38 Å². The lowest BCUT2D eigenvalue weighted by atomic mass is 10.1. The first-order valence-corrected chi connectivity index (χ1v) is 7.28. The Balaban J connectivity index is 1.95. The van der Waals surface area contributed by atoms with Crippen molar-refractivity contribution < 1.29 is 14.3 Å². The summed E-state index contributed by atoms with van der Waals surface area (Å²) in [7, 11) is 0. The van der Waals surface area contributed by atoms with Crippen LogP contribution >= 0.6 is 11.3 Å². The molecule has 0 aliphatic carbocycles. The molecule has 108 valence electrons. The number of carboxylic acid groups (broad SMARTS) is 1. The van der Waals surface area contributed by atoms with E-state index >= 15 is 0 Å². The van der Waals surface area contributed by atoms with Crippen LogP contribution in [0.2, 0.25) is 0 Å². The zero-order chi connectivity index (χ0) is 14.8. The highest BCUT2D eigenvalue weighted by atomic mass is 32.1. The number of carboxylic acids is 1. The van der Waals surface area contributed by atoms with Crippen molar-refractivity contribution in [3.63, 3.8) is 0 Å². The number of thiophene rings is 1. The molecular formula is C14H12N2O4S. The molecule has 0 aromatic carbocycles. The van der Waals surface area contributed by atoms with E-state index in [1.165, 1.54) is 11.3 Å². The summed E-state index contributed by atoms with van der Waals surface area (Å²) in [6.07, 6.45) is 4.09. The summed E-state index contributed by atoms with van der Waals surface area (Å²) in [4.78, 5) is 30.5. The predicted octanol–water partition coefficient (Wildman–Crippen LogP) is 2.65. The summed E-state index contributed by atoms with van der Waals surface area (Å²) < 4.78 is 5.04. The molecule has 0 radical (unpaired) electrons. The van der Waals surface area contributed by atoms with Crippen LogP contribution in [0.25, 0.3) is 21.3 Å². The van der Waals surface area contributed by atoms with Gasteiger partial charge in [0.05, 0.1) is 17.9 Å². The predicted molar refractivity (Wildman–Crippen MR) is 78.5 cm³/mol. The average Bonchev–Trinajstić information content (AvgIpc) is 3.06. The van der Waals surface area contributed by atoms with E-state index in [1.54, 1.807) is 18.6 Å². The van der Waals surface area contributed by atoms with Crippen LogP contribution in [-0.2, 0) is 11.2 Å². The van der Waals surface area contributed by atoms with Gasteiger partial charge < -0.3 is 14.5 Å². The Hall–Kier alpha value is -2.41. The largest absolute Gasteiger partial charge is 0.481 e. The molecule has 3 heterocycles. The minimum Gasteiger partial charge on any atom is -0.481 e. The van der Waals surface area contributed by atoms with Gasteiger partial charge in [-0.1, -0.05) is 0 Å². The van der Waals surface area contributed by atoms with E-state index in [4.69, 9.17) is 9.52 Å². The standard InChI is InChI=1S/C14H12N2O4S/c17-11(18)3-1-2-10-15-13(19)12-9(7-21-14(12)16-10)8-4-5-20-6-8/h4-7H,1-3H2,(H,17,18)(H,15,16,19). The molecule has 0 fully saturated rings. The van der Waals surface area contributed by atoms with Crippen molar-refractivity contribution in [1.82, 2.24) is 9.97 Å². The van der Waals surface area contributed by atoms with Crippen molar-refractivity contribution in [3.05, 3.63) is 40.2 Å². The topological polar surface area (TPSA) is 96.2 Å². The number of rotatable bonds is 5. The molecule has 0 atom stereocenters. The molecule has 0 unspecified atom stereocenters. The van der Waals surface area contributed by atoms with E-state index in [9.17, 15) is 9.59 Å². The van der Waals surface area contributed by atoms with Crippen molar-refractivity contribution in [2.75, 3.05) is 0 Å². The molecule has 0 aliphatic heterocycles. The van der Waals surface area contributed by atoms with Gasteiger partial charge in [0.25, 0.3) is 5.56 Å². The number of fused-ring (bicyclic) bond motifs is 1. The molecule has 6 nitrogen and oxygen atoms in total. The molecular weight excluding hydrogens is 292 g/mol. The Kier molecular flexibility index (Phi) is 3.57. The highest BCUT2D eigenvalue weighted by molar-refractivity contribution is 7.17. The fourth-order valence-electron chi connectivity index (χ4n) is 2.15. The van der Waals surface area contributed by atoms with E-state index in [0.717, 1.165) is 11.1 Å². The second kappa shape index (κ2) is 5.53. The smallest absolute Gasteiger partial charge is 0.303 e. The summed E-state index contributed by atoms with van der Waals surface area (Å²) in [5.74, 6) is -0.328. The molecule has 0 saturated heterocycles. The zero-order valence-electron chi connectivity index (χ0n) is 11.0. The molecule has 0 saturated carbocycles. The van der Waals surface area contributed by atoms with Gasteiger partial charge in [-0.15, -0.1) is 11.3 Å². The Morgan fingerprint density at radius 3 is 3.05 bits per heavy atom. The number of hydrogen-bond acceptors (Lipinski definition) is 5. The van der Waals surface area contributed by atoms with Gasteiger partial charge in [0, 0.05) is 29.3 Å². The maximum atomic E-state index is 12.2. The Morgan fingerprint density at radius 1 is 1.48 bits per heavy atom. The van der Waals surface area contributed by atoms with Crippen LogP contribution in [0.1, 0.15) is 18.7 Å². The normalized spacial score (nSPS) is 11.0. The monoisotopic (exact) mass is 304 g/mol. The number of nitrogens with one attached hydrogen (secondary N) is 1. The Bertz CT molecular complexity index is 832. The summed E-state index contributed by atoms with van der Waals surface area (Å²) in [5, 5.41) is 11.0. The van der Waals surface area contributed by atoms with E-state index in [0.29, 0.717) is 28.9 Å². The molecule has 21 heavy (non-hydrogen) atoms. The molecule has 0 amide bonds. The fourth-order valence-corrected chi connectivity index (χ4v) is 3.12. The molecule has 0 aliphatic rings. The lowest BCUT2D eigenvalue weighted by molar-refractivity contribution is -0.137. The average molecular weight is 304 g/mol. The third-order valence-electron chi connectivity index (χ3n) is 3.13. The van der Waals surface area contributed by atoms with Crippen LogP contribution in [0.5, 0.6) is 0 Å². The third-order valence-corrected chi connectivity index (χ3v) is 4.00. The lowest BCUT2D eigenvalue weighted by Gasteiger charge is -2.00. The van der Waals surface area contributed by atoms with Gasteiger partial charge in [0.2, 0.25) is 0 Å². The second-order valence-corrected chi connectivity index (χ2v) is 5.46. The van der Waals surface area contributed by atoms with E-state index < -0.39 is 5.97 Å². The van der Waals surface area contributed by atoms with Gasteiger partial charge in [-0.2, -0.15) is 0 Å². The number of aromatic nitrogens is 2. The molecule has 2 N–H and O–H groups in total. The Morgan fingerprint density at radius 2 is 2.33 bits per heavy atom. The molecule has 0 bridgehead atoms. The number of furan rings is 1. The lowest BCUT2D eigenvalue weighted by Crippen LogP contribution is -2.11. The van der Waals surface area contributed by atoms with Crippen LogP contribution in [0.15, 0.2) is 33.2 Å². The van der Waals surface area contributed by atoms with Gasteiger partial charge in [0.15, 0.2) is 0 Å². The summed E-state index contributed by atoms with van der Waals surface area (Å²) in [6.45, 7) is 0. The van der Waals surface area contributed by atoms with E-state index in [2.05, 4.69) is 9.97 Å².